The third-order valence-electron chi connectivity index (χ3n) is 3.29. The highest BCUT2D eigenvalue weighted by Crippen LogP contribution is 2.31. The van der Waals surface area contributed by atoms with Crippen molar-refractivity contribution < 1.29 is 19.1 Å². The van der Waals surface area contributed by atoms with E-state index in [4.69, 9.17) is 5.11 Å². The first-order valence-corrected chi connectivity index (χ1v) is 7.53. The number of thiophene rings is 1. The smallest absolute Gasteiger partial charge is 0.305 e. The van der Waals surface area contributed by atoms with E-state index < -0.39 is 5.97 Å². The van der Waals surface area contributed by atoms with Crippen molar-refractivity contribution in [1.82, 2.24) is 4.90 Å². The van der Waals surface area contributed by atoms with Crippen LogP contribution in [0.25, 0.3) is 11.1 Å². The fraction of sp³-hybridized carbons (Fsp3) is 0.250. The van der Waals surface area contributed by atoms with E-state index in [0.717, 1.165) is 16.0 Å². The summed E-state index contributed by atoms with van der Waals surface area (Å²) < 4.78 is 13.0. The molecular formula is C16H16FNO3S. The Bertz CT molecular complexity index is 694. The average molecular weight is 321 g/mol. The van der Waals surface area contributed by atoms with Crippen molar-refractivity contribution in [2.24, 2.45) is 0 Å². The summed E-state index contributed by atoms with van der Waals surface area (Å²) in [7, 11) is 1.58. The van der Waals surface area contributed by atoms with Gasteiger partial charge in [-0.25, -0.2) is 4.39 Å². The number of carbonyl (C=O) groups excluding carboxylic acids is 1. The third-order valence-corrected chi connectivity index (χ3v) is 4.33. The molecule has 0 aliphatic rings. The van der Waals surface area contributed by atoms with Crippen LogP contribution in [0.1, 0.15) is 21.0 Å². The molecule has 1 aromatic heterocycles. The molecule has 6 heteroatoms. The lowest BCUT2D eigenvalue weighted by molar-refractivity contribution is -0.137. The van der Waals surface area contributed by atoms with Crippen molar-refractivity contribution in [1.29, 1.82) is 0 Å². The molecule has 1 N–H and O–H groups in total. The minimum absolute atomic E-state index is 0.0859. The second-order valence-corrected chi connectivity index (χ2v) is 6.21. The summed E-state index contributed by atoms with van der Waals surface area (Å²) in [6.07, 6.45) is -0.0859. The molecule has 0 aliphatic heterocycles. The molecule has 22 heavy (non-hydrogen) atoms. The minimum atomic E-state index is -0.936. The molecular weight excluding hydrogens is 305 g/mol. The quantitative estimate of drug-likeness (QED) is 0.918. The molecule has 1 heterocycles. The number of carboxylic acids is 1. The molecule has 0 saturated carbocycles. The fourth-order valence-electron chi connectivity index (χ4n) is 2.06. The van der Waals surface area contributed by atoms with Crippen LogP contribution in [0.3, 0.4) is 0 Å². The third kappa shape index (κ3) is 3.71. The van der Waals surface area contributed by atoms with E-state index in [9.17, 15) is 14.0 Å². The number of carboxylic acid groups (broad SMARTS) is 1. The summed E-state index contributed by atoms with van der Waals surface area (Å²) in [6, 6.07) is 7.88. The predicted molar refractivity (Wildman–Crippen MR) is 83.7 cm³/mol. The normalized spacial score (nSPS) is 10.5. The van der Waals surface area contributed by atoms with E-state index in [0.29, 0.717) is 4.88 Å². The van der Waals surface area contributed by atoms with Crippen molar-refractivity contribution in [3.63, 3.8) is 0 Å². The highest BCUT2D eigenvalue weighted by atomic mass is 32.1. The van der Waals surface area contributed by atoms with Gasteiger partial charge in [-0.15, -0.1) is 11.3 Å². The lowest BCUT2D eigenvalue weighted by atomic mass is 10.1. The summed E-state index contributed by atoms with van der Waals surface area (Å²) in [6.45, 7) is 2.06. The van der Waals surface area contributed by atoms with E-state index in [1.807, 2.05) is 6.92 Å². The van der Waals surface area contributed by atoms with Crippen LogP contribution in [0.5, 0.6) is 0 Å². The van der Waals surface area contributed by atoms with Crippen molar-refractivity contribution in [2.75, 3.05) is 13.6 Å². The van der Waals surface area contributed by atoms with E-state index in [1.165, 1.54) is 28.4 Å². The number of aryl methyl sites for hydroxylation is 1. The molecule has 0 unspecified atom stereocenters. The lowest BCUT2D eigenvalue weighted by Gasteiger charge is -2.14. The second-order valence-electron chi connectivity index (χ2n) is 4.96. The molecule has 0 fully saturated rings. The zero-order valence-corrected chi connectivity index (χ0v) is 13.1. The van der Waals surface area contributed by atoms with Crippen molar-refractivity contribution in [3.05, 3.63) is 45.9 Å². The highest BCUT2D eigenvalue weighted by molar-refractivity contribution is 7.14. The van der Waals surface area contributed by atoms with Crippen molar-refractivity contribution in [3.8, 4) is 11.1 Å². The van der Waals surface area contributed by atoms with Gasteiger partial charge in [-0.05, 0) is 36.2 Å². The molecule has 2 aromatic rings. The molecule has 1 aromatic carbocycles. The van der Waals surface area contributed by atoms with Crippen LogP contribution in [-0.2, 0) is 4.79 Å². The number of aliphatic carboxylic acids is 1. The van der Waals surface area contributed by atoms with Crippen LogP contribution in [0.4, 0.5) is 4.39 Å². The van der Waals surface area contributed by atoms with Gasteiger partial charge in [0.15, 0.2) is 0 Å². The number of hydrogen-bond donors (Lipinski definition) is 1. The first kappa shape index (κ1) is 16.2. The number of benzene rings is 1. The number of hydrogen-bond acceptors (Lipinski definition) is 3. The maximum Gasteiger partial charge on any atom is 0.305 e. The number of amides is 1. The molecule has 2 rings (SSSR count). The van der Waals surface area contributed by atoms with Crippen LogP contribution in [0.15, 0.2) is 30.3 Å². The van der Waals surface area contributed by atoms with Gasteiger partial charge in [0.2, 0.25) is 0 Å². The first-order chi connectivity index (χ1) is 10.4. The van der Waals surface area contributed by atoms with E-state index in [2.05, 4.69) is 0 Å². The van der Waals surface area contributed by atoms with Crippen LogP contribution < -0.4 is 0 Å². The first-order valence-electron chi connectivity index (χ1n) is 6.72. The lowest BCUT2D eigenvalue weighted by Crippen LogP contribution is -2.28. The van der Waals surface area contributed by atoms with Gasteiger partial charge < -0.3 is 10.0 Å². The van der Waals surface area contributed by atoms with Crippen LogP contribution in [0, 0.1) is 12.7 Å². The largest absolute Gasteiger partial charge is 0.481 e. The van der Waals surface area contributed by atoms with E-state index in [1.54, 1.807) is 25.2 Å². The minimum Gasteiger partial charge on any atom is -0.481 e. The zero-order chi connectivity index (χ0) is 16.3. The van der Waals surface area contributed by atoms with Crippen molar-refractivity contribution in [2.45, 2.75) is 13.3 Å². The summed E-state index contributed by atoms with van der Waals surface area (Å²) in [4.78, 5) is 25.8. The van der Waals surface area contributed by atoms with Crippen LogP contribution >= 0.6 is 11.3 Å². The molecule has 0 saturated heterocycles. The number of rotatable bonds is 5. The van der Waals surface area contributed by atoms with Gasteiger partial charge in [0.05, 0.1) is 11.3 Å². The SMILES string of the molecule is Cc1sc(C(=O)N(C)CCC(=O)O)cc1-c1ccc(F)cc1. The van der Waals surface area contributed by atoms with Gasteiger partial charge in [0.25, 0.3) is 5.91 Å². The van der Waals surface area contributed by atoms with Crippen LogP contribution in [0.2, 0.25) is 0 Å². The number of nitrogens with zero attached hydrogens (tertiary/aromatic N) is 1. The Labute approximate surface area is 131 Å². The number of carbonyl (C=O) groups is 2. The molecule has 1 amide bonds. The van der Waals surface area contributed by atoms with Crippen LogP contribution in [-0.4, -0.2) is 35.5 Å². The Balaban J connectivity index is 2.20. The van der Waals surface area contributed by atoms with Gasteiger partial charge in [-0.1, -0.05) is 12.1 Å². The fourth-order valence-corrected chi connectivity index (χ4v) is 3.09. The topological polar surface area (TPSA) is 57.6 Å². The Morgan fingerprint density at radius 3 is 2.50 bits per heavy atom. The van der Waals surface area contributed by atoms with Gasteiger partial charge in [-0.3, -0.25) is 9.59 Å². The molecule has 0 atom stereocenters. The molecule has 0 bridgehead atoms. The standard InChI is InChI=1S/C16H16FNO3S/c1-10-13(11-3-5-12(17)6-4-11)9-14(22-10)16(21)18(2)8-7-15(19)20/h3-6,9H,7-8H2,1-2H3,(H,19,20). The Kier molecular flexibility index (Phi) is 4.92. The molecule has 4 nitrogen and oxygen atoms in total. The van der Waals surface area contributed by atoms with Gasteiger partial charge in [-0.2, -0.15) is 0 Å². The predicted octanol–water partition coefficient (Wildman–Crippen LogP) is 3.41. The summed E-state index contributed by atoms with van der Waals surface area (Å²) >= 11 is 1.35. The van der Waals surface area contributed by atoms with E-state index in [-0.39, 0.29) is 24.7 Å². The molecule has 0 spiro atoms. The molecule has 0 radical (unpaired) electrons. The summed E-state index contributed by atoms with van der Waals surface area (Å²) in [5, 5.41) is 8.67. The molecule has 116 valence electrons. The highest BCUT2D eigenvalue weighted by Gasteiger charge is 2.17. The van der Waals surface area contributed by atoms with Gasteiger partial charge >= 0.3 is 5.97 Å². The zero-order valence-electron chi connectivity index (χ0n) is 12.3. The van der Waals surface area contributed by atoms with Gasteiger partial charge in [0.1, 0.15) is 5.82 Å². The Hall–Kier alpha value is -2.21. The number of halogens is 1. The van der Waals surface area contributed by atoms with E-state index >= 15 is 0 Å². The maximum atomic E-state index is 13.0. The van der Waals surface area contributed by atoms with Crippen molar-refractivity contribution >= 4 is 23.2 Å². The van der Waals surface area contributed by atoms with Gasteiger partial charge in [0, 0.05) is 18.5 Å². The average Bonchev–Trinajstić information content (AvgIpc) is 2.86. The second kappa shape index (κ2) is 6.70. The molecule has 0 aliphatic carbocycles. The summed E-state index contributed by atoms with van der Waals surface area (Å²) in [5.74, 6) is -1.45. The Morgan fingerprint density at radius 2 is 1.91 bits per heavy atom. The monoisotopic (exact) mass is 321 g/mol. The Morgan fingerprint density at radius 1 is 1.27 bits per heavy atom. The summed E-state index contributed by atoms with van der Waals surface area (Å²) in [5.41, 5.74) is 1.74. The maximum absolute atomic E-state index is 13.0.